The highest BCUT2D eigenvalue weighted by Gasteiger charge is 2.35. The van der Waals surface area contributed by atoms with Gasteiger partial charge in [0.05, 0.1) is 5.56 Å². The van der Waals surface area contributed by atoms with Gasteiger partial charge in [-0.05, 0) is 41.5 Å². The van der Waals surface area contributed by atoms with Crippen LogP contribution in [0.1, 0.15) is 30.5 Å². The summed E-state index contributed by atoms with van der Waals surface area (Å²) >= 11 is 1.66. The second-order valence-corrected chi connectivity index (χ2v) is 11.5. The number of nitriles is 1. The van der Waals surface area contributed by atoms with E-state index in [1.165, 1.54) is 10.5 Å². The zero-order chi connectivity index (χ0) is 28.0. The average Bonchev–Trinajstić information content (AvgIpc) is 3.52. The topological polar surface area (TPSA) is 75.6 Å². The largest absolute Gasteiger partial charge is 0.453 e. The van der Waals surface area contributed by atoms with Crippen LogP contribution < -0.4 is 0 Å². The first-order chi connectivity index (χ1) is 20.0. The number of nitrogens with zero attached hydrogens (tertiary/aromatic N) is 4. The van der Waals surface area contributed by atoms with Crippen LogP contribution in [0.15, 0.2) is 123 Å². The summed E-state index contributed by atoms with van der Waals surface area (Å²) in [5.74, 6) is 2.79. The number of rotatable bonds is 4. The molecule has 41 heavy (non-hydrogen) atoms. The molecule has 1 aliphatic rings. The fourth-order valence-corrected chi connectivity index (χ4v) is 6.73. The zero-order valence-corrected chi connectivity index (χ0v) is 23.3. The van der Waals surface area contributed by atoms with Crippen molar-refractivity contribution in [3.63, 3.8) is 0 Å². The van der Waals surface area contributed by atoms with Crippen LogP contribution in [0.3, 0.4) is 0 Å². The third kappa shape index (κ3) is 4.41. The maximum absolute atomic E-state index is 10.1. The van der Waals surface area contributed by atoms with Gasteiger partial charge in [-0.2, -0.15) is 5.26 Å². The lowest BCUT2D eigenvalue weighted by Crippen LogP contribution is -2.24. The van der Waals surface area contributed by atoms with E-state index in [0.717, 1.165) is 27.1 Å². The molecule has 6 aromatic rings. The van der Waals surface area contributed by atoms with E-state index in [9.17, 15) is 5.26 Å². The monoisotopic (exact) mass is 548 g/mol. The van der Waals surface area contributed by atoms with Crippen molar-refractivity contribution in [3.8, 4) is 51.8 Å². The molecule has 0 saturated carbocycles. The second-order valence-electron chi connectivity index (χ2n) is 10.4. The minimum Gasteiger partial charge on any atom is -0.453 e. The molecule has 0 radical (unpaired) electrons. The lowest BCUT2D eigenvalue weighted by molar-refractivity contribution is 0.588. The van der Waals surface area contributed by atoms with Crippen LogP contribution in [-0.4, -0.2) is 15.0 Å². The van der Waals surface area contributed by atoms with Crippen molar-refractivity contribution in [1.82, 2.24) is 15.0 Å². The van der Waals surface area contributed by atoms with E-state index in [-0.39, 0.29) is 5.41 Å². The molecule has 0 N–H and O–H groups in total. The molecule has 0 saturated heterocycles. The molecule has 2 aromatic heterocycles. The third-order valence-corrected chi connectivity index (χ3v) is 8.69. The van der Waals surface area contributed by atoms with E-state index in [4.69, 9.17) is 19.4 Å². The van der Waals surface area contributed by atoms with Crippen LogP contribution in [0.4, 0.5) is 0 Å². The maximum atomic E-state index is 10.1. The van der Waals surface area contributed by atoms with Gasteiger partial charge in [0.15, 0.2) is 23.2 Å². The Morgan fingerprint density at radius 1 is 0.634 bits per heavy atom. The highest BCUT2D eigenvalue weighted by Crippen LogP contribution is 2.51. The first kappa shape index (κ1) is 25.0. The Hall–Kier alpha value is -4.99. The molecule has 5 nitrogen and oxygen atoms in total. The van der Waals surface area contributed by atoms with Crippen LogP contribution in [0.25, 0.3) is 45.7 Å². The first-order valence-electron chi connectivity index (χ1n) is 13.3. The summed E-state index contributed by atoms with van der Waals surface area (Å²) in [6.07, 6.45) is 0. The summed E-state index contributed by atoms with van der Waals surface area (Å²) in [5, 5.41) is 10.1. The molecule has 0 spiro atoms. The van der Waals surface area contributed by atoms with Gasteiger partial charge < -0.3 is 4.42 Å². The summed E-state index contributed by atoms with van der Waals surface area (Å²) in [6.45, 7) is 4.42. The predicted molar refractivity (Wildman–Crippen MR) is 161 cm³/mol. The molecule has 4 aromatic carbocycles. The van der Waals surface area contributed by atoms with Gasteiger partial charge in [-0.3, -0.25) is 0 Å². The molecule has 0 unspecified atom stereocenters. The van der Waals surface area contributed by atoms with Crippen LogP contribution >= 0.6 is 11.8 Å². The van der Waals surface area contributed by atoms with Gasteiger partial charge in [0.2, 0.25) is 0 Å². The van der Waals surface area contributed by atoms with E-state index < -0.39 is 0 Å². The molecule has 0 bridgehead atoms. The Morgan fingerprint density at radius 3 is 1.88 bits per heavy atom. The standard InChI is InChI=1S/C35H24N4OS/c1-35(2)26-15-9-10-16-30(26)41-31-25(21-36)19-24(20-27(31)35)28-17-18-29(40-28)34-38-32(22-11-5-3-6-12-22)37-33(39-34)23-13-7-4-8-14-23/h3-20H,1-2H3. The molecular formula is C35H24N4OS. The van der Waals surface area contributed by atoms with E-state index in [1.807, 2.05) is 84.9 Å². The lowest BCUT2D eigenvalue weighted by Gasteiger charge is -2.35. The van der Waals surface area contributed by atoms with Crippen LogP contribution in [0, 0.1) is 11.3 Å². The molecule has 7 rings (SSSR count). The fourth-order valence-electron chi connectivity index (χ4n) is 5.29. The predicted octanol–water partition coefficient (Wildman–Crippen LogP) is 8.79. The Morgan fingerprint density at radius 2 is 1.22 bits per heavy atom. The highest BCUT2D eigenvalue weighted by molar-refractivity contribution is 7.99. The molecule has 0 aliphatic carbocycles. The van der Waals surface area contributed by atoms with Crippen molar-refractivity contribution in [2.75, 3.05) is 0 Å². The summed E-state index contributed by atoms with van der Waals surface area (Å²) in [7, 11) is 0. The van der Waals surface area contributed by atoms with E-state index in [2.05, 4.69) is 44.2 Å². The van der Waals surface area contributed by atoms with Crippen LogP contribution in [0.2, 0.25) is 0 Å². The molecule has 0 atom stereocenters. The Labute approximate surface area is 242 Å². The molecule has 0 fully saturated rings. The van der Waals surface area contributed by atoms with Gasteiger partial charge in [-0.15, -0.1) is 0 Å². The number of fused-ring (bicyclic) bond motifs is 2. The number of furan rings is 1. The Kier molecular flexibility index (Phi) is 6.03. The maximum Gasteiger partial charge on any atom is 0.199 e. The molecule has 196 valence electrons. The van der Waals surface area contributed by atoms with Gasteiger partial charge in [0.25, 0.3) is 0 Å². The van der Waals surface area contributed by atoms with Crippen molar-refractivity contribution in [3.05, 3.63) is 126 Å². The van der Waals surface area contributed by atoms with Crippen molar-refractivity contribution in [2.24, 2.45) is 0 Å². The van der Waals surface area contributed by atoms with E-state index in [0.29, 0.717) is 34.6 Å². The smallest absolute Gasteiger partial charge is 0.199 e. The summed E-state index contributed by atoms with van der Waals surface area (Å²) in [5.41, 5.74) is 5.39. The normalized spacial score (nSPS) is 13.2. The van der Waals surface area contributed by atoms with Crippen LogP contribution in [0.5, 0.6) is 0 Å². The molecule has 6 heteroatoms. The molecular weight excluding hydrogens is 524 g/mol. The van der Waals surface area contributed by atoms with Gasteiger partial charge >= 0.3 is 0 Å². The Balaban J connectivity index is 1.34. The average molecular weight is 549 g/mol. The van der Waals surface area contributed by atoms with Crippen molar-refractivity contribution in [1.29, 1.82) is 5.26 Å². The number of aromatic nitrogens is 3. The van der Waals surface area contributed by atoms with E-state index in [1.54, 1.807) is 11.8 Å². The van der Waals surface area contributed by atoms with E-state index >= 15 is 0 Å². The summed E-state index contributed by atoms with van der Waals surface area (Å²) in [6, 6.07) is 38.4. The quantitative estimate of drug-likeness (QED) is 0.219. The fraction of sp³-hybridized carbons (Fsp3) is 0.0857. The molecule has 1 aliphatic heterocycles. The van der Waals surface area contributed by atoms with Gasteiger partial charge in [-0.25, -0.2) is 15.0 Å². The summed E-state index contributed by atoms with van der Waals surface area (Å²) < 4.78 is 6.40. The second kappa shape index (κ2) is 9.88. The van der Waals surface area contributed by atoms with Crippen molar-refractivity contribution >= 4 is 11.8 Å². The van der Waals surface area contributed by atoms with Gasteiger partial charge in [0, 0.05) is 31.9 Å². The van der Waals surface area contributed by atoms with Gasteiger partial charge in [0.1, 0.15) is 11.8 Å². The number of hydrogen-bond acceptors (Lipinski definition) is 6. The highest BCUT2D eigenvalue weighted by atomic mass is 32.2. The minimum absolute atomic E-state index is 0.266. The zero-order valence-electron chi connectivity index (χ0n) is 22.5. The molecule has 0 amide bonds. The first-order valence-corrected chi connectivity index (χ1v) is 14.2. The molecule has 3 heterocycles. The third-order valence-electron chi connectivity index (χ3n) is 7.47. The van der Waals surface area contributed by atoms with Crippen LogP contribution in [-0.2, 0) is 5.41 Å². The lowest BCUT2D eigenvalue weighted by atomic mass is 9.76. The SMILES string of the molecule is CC1(C)c2ccccc2Sc2c(C#N)cc(-c3ccc(-c4nc(-c5ccccc5)nc(-c5ccccc5)n4)o3)cc21. The van der Waals surface area contributed by atoms with Gasteiger partial charge in [-0.1, -0.05) is 104 Å². The van der Waals surface area contributed by atoms with Crippen molar-refractivity contribution < 1.29 is 4.42 Å². The number of benzene rings is 4. The number of hydrogen-bond donors (Lipinski definition) is 0. The minimum atomic E-state index is -0.266. The summed E-state index contributed by atoms with van der Waals surface area (Å²) in [4.78, 5) is 16.5. The Bertz CT molecular complexity index is 1900. The van der Waals surface area contributed by atoms with Crippen molar-refractivity contribution in [2.45, 2.75) is 29.1 Å².